The summed E-state index contributed by atoms with van der Waals surface area (Å²) >= 11 is 0. The molecule has 1 aliphatic rings. The van der Waals surface area contributed by atoms with Gasteiger partial charge in [-0.2, -0.15) is 13.2 Å². The first kappa shape index (κ1) is 18.6. The number of piperidine rings is 1. The van der Waals surface area contributed by atoms with Crippen LogP contribution in [0.2, 0.25) is 0 Å². The maximum atomic E-state index is 13.2. The van der Waals surface area contributed by atoms with E-state index >= 15 is 0 Å². The fourth-order valence-corrected chi connectivity index (χ4v) is 3.22. The highest BCUT2D eigenvalue weighted by Crippen LogP contribution is 2.28. The van der Waals surface area contributed by atoms with E-state index in [2.05, 4.69) is 5.10 Å². The van der Waals surface area contributed by atoms with Crippen molar-refractivity contribution in [2.75, 3.05) is 13.1 Å². The van der Waals surface area contributed by atoms with Crippen LogP contribution in [0.5, 0.6) is 0 Å². The van der Waals surface area contributed by atoms with Crippen molar-refractivity contribution in [3.8, 4) is 0 Å². The van der Waals surface area contributed by atoms with Crippen LogP contribution in [0, 0.1) is 11.6 Å². The van der Waals surface area contributed by atoms with Crippen molar-refractivity contribution in [2.45, 2.75) is 31.6 Å². The van der Waals surface area contributed by atoms with Crippen LogP contribution in [-0.4, -0.2) is 32.3 Å². The van der Waals surface area contributed by atoms with E-state index in [9.17, 15) is 26.7 Å². The molecule has 0 saturated carbocycles. The molecule has 2 aromatic rings. The van der Waals surface area contributed by atoms with E-state index in [-0.39, 0.29) is 0 Å². The summed E-state index contributed by atoms with van der Waals surface area (Å²) in [7, 11) is 1.04. The minimum Gasteiger partial charge on any atom is -0.299 e. The second-order valence-electron chi connectivity index (χ2n) is 6.39. The van der Waals surface area contributed by atoms with E-state index < -0.39 is 35.4 Å². The molecule has 3 rings (SSSR count). The molecule has 1 saturated heterocycles. The molecule has 5 nitrogen and oxygen atoms in total. The maximum absolute atomic E-state index is 13.2. The zero-order valence-electron chi connectivity index (χ0n) is 13.9. The van der Waals surface area contributed by atoms with Gasteiger partial charge in [-0.15, -0.1) is 5.10 Å². The number of aromatic nitrogens is 3. The number of likely N-dealkylation sites (tertiary alicyclic amines) is 1. The van der Waals surface area contributed by atoms with E-state index in [1.165, 1.54) is 12.1 Å². The molecule has 10 heteroatoms. The van der Waals surface area contributed by atoms with Crippen molar-refractivity contribution in [3.63, 3.8) is 0 Å². The highest BCUT2D eigenvalue weighted by molar-refractivity contribution is 5.17. The normalized spacial score (nSPS) is 17.0. The van der Waals surface area contributed by atoms with Crippen molar-refractivity contribution >= 4 is 0 Å². The van der Waals surface area contributed by atoms with Crippen LogP contribution in [0.3, 0.4) is 0 Å². The van der Waals surface area contributed by atoms with Crippen molar-refractivity contribution < 1.29 is 22.0 Å². The molecule has 0 radical (unpaired) electrons. The molecule has 1 aromatic carbocycles. The standard InChI is InChI=1S/C16H17F5N4O/c1-23-14(16(19,20)21)22-25(15(23)26)13-2-4-24(5-3-13)9-10-6-11(17)8-12(18)7-10/h6-8,13H,2-5,9H2,1H3. The molecule has 142 valence electrons. The van der Waals surface area contributed by atoms with Crippen LogP contribution in [0.1, 0.15) is 30.3 Å². The highest BCUT2D eigenvalue weighted by atomic mass is 19.4. The molecule has 0 atom stereocenters. The molecule has 1 aromatic heterocycles. The third-order valence-electron chi connectivity index (χ3n) is 4.49. The summed E-state index contributed by atoms with van der Waals surface area (Å²) in [6.07, 6.45) is -3.85. The van der Waals surface area contributed by atoms with Crippen molar-refractivity contribution in [1.82, 2.24) is 19.2 Å². The number of nitrogens with zero attached hydrogens (tertiary/aromatic N) is 4. The van der Waals surface area contributed by atoms with Crippen molar-refractivity contribution in [3.05, 3.63) is 51.7 Å². The van der Waals surface area contributed by atoms with Crippen LogP contribution in [0.25, 0.3) is 0 Å². The highest BCUT2D eigenvalue weighted by Gasteiger charge is 2.39. The Balaban J connectivity index is 1.68. The minimum absolute atomic E-state index is 0.326. The van der Waals surface area contributed by atoms with Gasteiger partial charge in [0.15, 0.2) is 0 Å². The fraction of sp³-hybridized carbons (Fsp3) is 0.500. The lowest BCUT2D eigenvalue weighted by molar-refractivity contribution is -0.147. The van der Waals surface area contributed by atoms with Crippen LogP contribution in [-0.2, 0) is 19.8 Å². The number of alkyl halides is 3. The van der Waals surface area contributed by atoms with Gasteiger partial charge >= 0.3 is 11.9 Å². The van der Waals surface area contributed by atoms with E-state index in [1.807, 2.05) is 4.90 Å². The van der Waals surface area contributed by atoms with Gasteiger partial charge in [-0.1, -0.05) is 0 Å². The lowest BCUT2D eigenvalue weighted by Crippen LogP contribution is -2.37. The first-order chi connectivity index (χ1) is 12.1. The summed E-state index contributed by atoms with van der Waals surface area (Å²) in [5, 5.41) is 3.46. The average Bonchev–Trinajstić information content (AvgIpc) is 2.83. The summed E-state index contributed by atoms with van der Waals surface area (Å²) in [5.74, 6) is -2.54. The van der Waals surface area contributed by atoms with Gasteiger partial charge < -0.3 is 0 Å². The molecule has 1 fully saturated rings. The Kier molecular flexibility index (Phi) is 4.87. The van der Waals surface area contributed by atoms with Gasteiger partial charge in [0.05, 0.1) is 6.04 Å². The molecule has 0 N–H and O–H groups in total. The first-order valence-corrected chi connectivity index (χ1v) is 8.05. The predicted molar refractivity (Wildman–Crippen MR) is 82.4 cm³/mol. The van der Waals surface area contributed by atoms with Gasteiger partial charge in [0, 0.05) is 32.7 Å². The fourth-order valence-electron chi connectivity index (χ4n) is 3.22. The molecule has 0 spiro atoms. The van der Waals surface area contributed by atoms with Crippen LogP contribution in [0.4, 0.5) is 22.0 Å². The number of hydrogen-bond donors (Lipinski definition) is 0. The monoisotopic (exact) mass is 376 g/mol. The zero-order valence-corrected chi connectivity index (χ0v) is 13.9. The van der Waals surface area contributed by atoms with Gasteiger partial charge in [-0.3, -0.25) is 9.47 Å². The van der Waals surface area contributed by atoms with Crippen LogP contribution >= 0.6 is 0 Å². The van der Waals surface area contributed by atoms with Crippen molar-refractivity contribution in [2.24, 2.45) is 7.05 Å². The molecule has 1 aliphatic heterocycles. The number of benzene rings is 1. The Hall–Kier alpha value is -2.23. The number of hydrogen-bond acceptors (Lipinski definition) is 3. The maximum Gasteiger partial charge on any atom is 0.451 e. The quantitative estimate of drug-likeness (QED) is 0.774. The molecule has 0 aliphatic carbocycles. The Morgan fingerprint density at radius 3 is 2.19 bits per heavy atom. The molecule has 0 amide bonds. The van der Waals surface area contributed by atoms with E-state index in [0.29, 0.717) is 42.6 Å². The van der Waals surface area contributed by atoms with Gasteiger partial charge in [-0.25, -0.2) is 18.3 Å². The molecule has 2 heterocycles. The minimum atomic E-state index is -4.69. The van der Waals surface area contributed by atoms with Crippen LogP contribution < -0.4 is 5.69 Å². The lowest BCUT2D eigenvalue weighted by atomic mass is 10.0. The molecular weight excluding hydrogens is 359 g/mol. The largest absolute Gasteiger partial charge is 0.451 e. The molecule has 0 bridgehead atoms. The smallest absolute Gasteiger partial charge is 0.299 e. The van der Waals surface area contributed by atoms with Gasteiger partial charge in [0.2, 0.25) is 5.82 Å². The lowest BCUT2D eigenvalue weighted by Gasteiger charge is -2.31. The van der Waals surface area contributed by atoms with Crippen molar-refractivity contribution in [1.29, 1.82) is 0 Å². The van der Waals surface area contributed by atoms with E-state index in [0.717, 1.165) is 17.8 Å². The zero-order chi connectivity index (χ0) is 19.1. The number of halogens is 5. The molecule has 0 unspecified atom stereocenters. The second kappa shape index (κ2) is 6.82. The summed E-state index contributed by atoms with van der Waals surface area (Å²) in [6, 6.07) is 2.84. The van der Waals surface area contributed by atoms with Gasteiger partial charge in [-0.05, 0) is 30.5 Å². The van der Waals surface area contributed by atoms with Gasteiger partial charge in [0.25, 0.3) is 0 Å². The molecule has 26 heavy (non-hydrogen) atoms. The SMILES string of the molecule is Cn1c(C(F)(F)F)nn(C2CCN(Cc3cc(F)cc(F)c3)CC2)c1=O. The molecular formula is C16H17F5N4O. The van der Waals surface area contributed by atoms with E-state index in [1.54, 1.807) is 0 Å². The summed E-state index contributed by atoms with van der Waals surface area (Å²) in [4.78, 5) is 14.0. The second-order valence-corrected chi connectivity index (χ2v) is 6.39. The van der Waals surface area contributed by atoms with Crippen LogP contribution in [0.15, 0.2) is 23.0 Å². The Morgan fingerprint density at radius 1 is 1.12 bits per heavy atom. The Labute approximate surface area is 145 Å². The van der Waals surface area contributed by atoms with E-state index in [4.69, 9.17) is 0 Å². The third kappa shape index (κ3) is 3.79. The summed E-state index contributed by atoms with van der Waals surface area (Å²) in [6.45, 7) is 1.28. The average molecular weight is 376 g/mol. The number of rotatable bonds is 3. The third-order valence-corrected chi connectivity index (χ3v) is 4.49. The summed E-state index contributed by atoms with van der Waals surface area (Å²) in [5.41, 5.74) is -0.321. The predicted octanol–water partition coefficient (Wildman–Crippen LogP) is 2.72. The van der Waals surface area contributed by atoms with Gasteiger partial charge in [0.1, 0.15) is 11.6 Å². The summed E-state index contributed by atoms with van der Waals surface area (Å²) < 4.78 is 66.5. The Morgan fingerprint density at radius 2 is 1.69 bits per heavy atom. The topological polar surface area (TPSA) is 43.1 Å². The first-order valence-electron chi connectivity index (χ1n) is 8.05. The Bertz CT molecular complexity index is 829.